The van der Waals surface area contributed by atoms with E-state index in [2.05, 4.69) is 16.2 Å². The van der Waals surface area contributed by atoms with Crippen molar-refractivity contribution in [1.29, 1.82) is 0 Å². The number of nitro groups is 1. The number of ether oxygens (including phenoxy) is 1. The Morgan fingerprint density at radius 3 is 2.65 bits per heavy atom. The van der Waals surface area contributed by atoms with Gasteiger partial charge in [0, 0.05) is 19.0 Å². The van der Waals surface area contributed by atoms with Crippen LogP contribution in [-0.2, 0) is 9.53 Å². The number of thiocarbonyl (C=S) groups is 1. The molecule has 1 atom stereocenters. The van der Waals surface area contributed by atoms with Gasteiger partial charge in [0.15, 0.2) is 5.11 Å². The van der Waals surface area contributed by atoms with Gasteiger partial charge in [0.2, 0.25) is 5.91 Å². The van der Waals surface area contributed by atoms with Crippen molar-refractivity contribution in [3.05, 3.63) is 39.7 Å². The molecule has 1 aromatic carbocycles. The highest BCUT2D eigenvalue weighted by Crippen LogP contribution is 2.32. The number of rotatable bonds is 4. The lowest BCUT2D eigenvalue weighted by atomic mass is 9.84. The van der Waals surface area contributed by atoms with Gasteiger partial charge in [-0.2, -0.15) is 0 Å². The number of benzene rings is 1. The summed E-state index contributed by atoms with van der Waals surface area (Å²) in [6, 6.07) is 3.12. The Kier molecular flexibility index (Phi) is 5.40. The number of non-ortho nitro benzene ring substituents is 1. The number of hydrogen-bond acceptors (Lipinski definition) is 5. The Morgan fingerprint density at radius 2 is 2.13 bits per heavy atom. The SMILES string of the molecule is CNC(=S)NNC(=O)C(c1cc(F)cc([N+](=O)[O-])c1)C1COC1. The highest BCUT2D eigenvalue weighted by Gasteiger charge is 2.36. The van der Waals surface area contributed by atoms with Crippen LogP contribution < -0.4 is 16.2 Å². The number of hydrazine groups is 1. The van der Waals surface area contributed by atoms with Gasteiger partial charge in [-0.25, -0.2) is 4.39 Å². The molecule has 1 aliphatic rings. The van der Waals surface area contributed by atoms with E-state index in [-0.39, 0.29) is 16.6 Å². The molecule has 0 aliphatic carbocycles. The van der Waals surface area contributed by atoms with Crippen molar-refractivity contribution < 1.29 is 18.8 Å². The number of halogens is 1. The van der Waals surface area contributed by atoms with Crippen molar-refractivity contribution in [2.75, 3.05) is 20.3 Å². The quantitative estimate of drug-likeness (QED) is 0.418. The fraction of sp³-hybridized carbons (Fsp3) is 0.385. The first-order valence-corrected chi connectivity index (χ1v) is 7.13. The monoisotopic (exact) mass is 342 g/mol. The van der Waals surface area contributed by atoms with Gasteiger partial charge < -0.3 is 10.1 Å². The highest BCUT2D eigenvalue weighted by molar-refractivity contribution is 7.80. The van der Waals surface area contributed by atoms with Gasteiger partial charge in [0.25, 0.3) is 5.69 Å². The Hall–Kier alpha value is -2.33. The third-order valence-electron chi connectivity index (χ3n) is 3.42. The molecule has 1 amide bonds. The molecule has 0 spiro atoms. The zero-order chi connectivity index (χ0) is 17.0. The molecule has 1 heterocycles. The second-order valence-electron chi connectivity index (χ2n) is 4.97. The van der Waals surface area contributed by atoms with E-state index in [1.165, 1.54) is 6.07 Å². The van der Waals surface area contributed by atoms with E-state index < -0.39 is 28.3 Å². The van der Waals surface area contributed by atoms with Crippen molar-refractivity contribution >= 4 is 28.9 Å². The van der Waals surface area contributed by atoms with E-state index in [4.69, 9.17) is 17.0 Å². The van der Waals surface area contributed by atoms with Crippen LogP contribution in [0.5, 0.6) is 0 Å². The fourth-order valence-corrected chi connectivity index (χ4v) is 2.27. The van der Waals surface area contributed by atoms with Crippen molar-refractivity contribution in [2.45, 2.75) is 5.92 Å². The second kappa shape index (κ2) is 7.29. The molecule has 1 fully saturated rings. The Labute approximate surface area is 136 Å². The molecule has 1 unspecified atom stereocenters. The van der Waals surface area contributed by atoms with Crippen LogP contribution in [0, 0.1) is 21.8 Å². The van der Waals surface area contributed by atoms with Crippen molar-refractivity contribution in [1.82, 2.24) is 16.2 Å². The Bertz CT molecular complexity index is 638. The van der Waals surface area contributed by atoms with Crippen LogP contribution in [-0.4, -0.2) is 36.2 Å². The summed E-state index contributed by atoms with van der Waals surface area (Å²) in [6.45, 7) is 0.637. The minimum atomic E-state index is -0.787. The normalized spacial score (nSPS) is 15.2. The molecule has 0 radical (unpaired) electrons. The van der Waals surface area contributed by atoms with Crippen LogP contribution >= 0.6 is 12.2 Å². The zero-order valence-corrected chi connectivity index (χ0v) is 13.0. The molecular weight excluding hydrogens is 327 g/mol. The van der Waals surface area contributed by atoms with Crippen LogP contribution in [0.1, 0.15) is 11.5 Å². The minimum Gasteiger partial charge on any atom is -0.381 e. The Morgan fingerprint density at radius 1 is 1.43 bits per heavy atom. The molecule has 2 rings (SSSR count). The molecule has 8 nitrogen and oxygen atoms in total. The van der Waals surface area contributed by atoms with Crippen molar-refractivity contribution in [3.63, 3.8) is 0 Å². The standard InChI is InChI=1S/C13H15FN4O4S/c1-15-13(23)17-16-12(19)11(8-5-22-6-8)7-2-9(14)4-10(3-7)18(20)21/h2-4,8,11H,5-6H2,1H3,(H,16,19)(H2,15,17,23). The number of nitrogens with one attached hydrogen (secondary N) is 3. The lowest BCUT2D eigenvalue weighted by Crippen LogP contribution is -2.50. The number of hydrogen-bond donors (Lipinski definition) is 3. The topological polar surface area (TPSA) is 106 Å². The fourth-order valence-electron chi connectivity index (χ4n) is 2.22. The van der Waals surface area contributed by atoms with Gasteiger partial charge >= 0.3 is 0 Å². The van der Waals surface area contributed by atoms with Crippen LogP contribution in [0.25, 0.3) is 0 Å². The zero-order valence-electron chi connectivity index (χ0n) is 12.2. The van der Waals surface area contributed by atoms with E-state index in [1.807, 2.05) is 0 Å². The molecule has 0 aromatic heterocycles. The van der Waals surface area contributed by atoms with Gasteiger partial charge in [0.05, 0.1) is 30.1 Å². The average molecular weight is 342 g/mol. The maximum absolute atomic E-state index is 13.7. The maximum Gasteiger partial charge on any atom is 0.272 e. The molecule has 1 aliphatic heterocycles. The summed E-state index contributed by atoms with van der Waals surface area (Å²) in [5.74, 6) is -2.23. The van der Waals surface area contributed by atoms with Gasteiger partial charge in [-0.3, -0.25) is 25.8 Å². The second-order valence-corrected chi connectivity index (χ2v) is 5.38. The molecule has 124 valence electrons. The minimum absolute atomic E-state index is 0.193. The molecule has 1 saturated heterocycles. The first-order chi connectivity index (χ1) is 10.9. The molecule has 1 aromatic rings. The summed E-state index contributed by atoms with van der Waals surface area (Å²) in [4.78, 5) is 22.6. The summed E-state index contributed by atoms with van der Waals surface area (Å²) in [5, 5.41) is 13.7. The molecule has 3 N–H and O–H groups in total. The first kappa shape index (κ1) is 17.0. The lowest BCUT2D eigenvalue weighted by Gasteiger charge is -2.33. The molecule has 0 saturated carbocycles. The third-order valence-corrected chi connectivity index (χ3v) is 3.73. The molecule has 23 heavy (non-hydrogen) atoms. The molecule has 0 bridgehead atoms. The largest absolute Gasteiger partial charge is 0.381 e. The van der Waals surface area contributed by atoms with E-state index in [1.54, 1.807) is 7.05 Å². The van der Waals surface area contributed by atoms with Gasteiger partial charge in [-0.15, -0.1) is 0 Å². The molecular formula is C13H15FN4O4S. The lowest BCUT2D eigenvalue weighted by molar-refractivity contribution is -0.385. The van der Waals surface area contributed by atoms with Crippen LogP contribution in [0.3, 0.4) is 0 Å². The number of nitro benzene ring substituents is 1. The van der Waals surface area contributed by atoms with E-state index in [0.29, 0.717) is 13.2 Å². The number of carbonyl (C=O) groups excluding carboxylic acids is 1. The summed E-state index contributed by atoms with van der Waals surface area (Å²) in [6.07, 6.45) is 0. The summed E-state index contributed by atoms with van der Waals surface area (Å²) in [7, 11) is 1.58. The summed E-state index contributed by atoms with van der Waals surface area (Å²) >= 11 is 4.85. The Balaban J connectivity index is 2.26. The number of carbonyl (C=O) groups is 1. The van der Waals surface area contributed by atoms with Crippen LogP contribution in [0.2, 0.25) is 0 Å². The third kappa shape index (κ3) is 4.11. The average Bonchev–Trinajstić information content (AvgIpc) is 2.47. The van der Waals surface area contributed by atoms with E-state index >= 15 is 0 Å². The highest BCUT2D eigenvalue weighted by atomic mass is 32.1. The van der Waals surface area contributed by atoms with Crippen LogP contribution in [0.15, 0.2) is 18.2 Å². The summed E-state index contributed by atoms with van der Waals surface area (Å²) in [5.41, 5.74) is 4.71. The maximum atomic E-state index is 13.7. The predicted molar refractivity (Wildman–Crippen MR) is 83.0 cm³/mol. The van der Waals surface area contributed by atoms with E-state index in [9.17, 15) is 19.3 Å². The van der Waals surface area contributed by atoms with Crippen molar-refractivity contribution in [3.8, 4) is 0 Å². The van der Waals surface area contributed by atoms with E-state index in [0.717, 1.165) is 12.1 Å². The van der Waals surface area contributed by atoms with Gasteiger partial charge in [0.1, 0.15) is 5.82 Å². The van der Waals surface area contributed by atoms with Crippen molar-refractivity contribution in [2.24, 2.45) is 5.92 Å². The van der Waals surface area contributed by atoms with Gasteiger partial charge in [-0.05, 0) is 23.8 Å². The molecule has 10 heteroatoms. The predicted octanol–water partition coefficient (Wildman–Crippen LogP) is 0.589. The van der Waals surface area contributed by atoms with Gasteiger partial charge in [-0.1, -0.05) is 0 Å². The summed E-state index contributed by atoms with van der Waals surface area (Å²) < 4.78 is 18.7. The number of nitrogens with zero attached hydrogens (tertiary/aromatic N) is 1. The first-order valence-electron chi connectivity index (χ1n) is 6.72. The smallest absolute Gasteiger partial charge is 0.272 e. The number of amides is 1. The van der Waals surface area contributed by atoms with Crippen LogP contribution in [0.4, 0.5) is 10.1 Å².